The summed E-state index contributed by atoms with van der Waals surface area (Å²) in [6, 6.07) is 8.30. The highest BCUT2D eigenvalue weighted by Gasteiger charge is 2.35. The van der Waals surface area contributed by atoms with Crippen molar-refractivity contribution in [2.75, 3.05) is 5.32 Å². The third kappa shape index (κ3) is 2.13. The molecule has 17 heavy (non-hydrogen) atoms. The van der Waals surface area contributed by atoms with Crippen molar-refractivity contribution in [1.29, 1.82) is 0 Å². The highest BCUT2D eigenvalue weighted by atomic mass is 19.1. The standard InChI is InChI=1S/C12H8FNO3/c13-11-9(16)6-8(15)10(11)12(17)14-7-4-2-1-3-5-7/h1-5H,6H2,(H,14,17). The number of amides is 1. The maximum atomic E-state index is 13.2. The van der Waals surface area contributed by atoms with Gasteiger partial charge in [-0.15, -0.1) is 0 Å². The van der Waals surface area contributed by atoms with Crippen LogP contribution in [0.15, 0.2) is 41.7 Å². The predicted molar refractivity (Wildman–Crippen MR) is 57.8 cm³/mol. The average Bonchev–Trinajstić information content (AvgIpc) is 2.54. The molecule has 1 amide bonds. The van der Waals surface area contributed by atoms with E-state index in [0.717, 1.165) is 0 Å². The number of carbonyl (C=O) groups is 3. The van der Waals surface area contributed by atoms with Crippen LogP contribution in [0.1, 0.15) is 6.42 Å². The van der Waals surface area contributed by atoms with Crippen LogP contribution in [0.2, 0.25) is 0 Å². The number of hydrogen-bond donors (Lipinski definition) is 1. The summed E-state index contributed by atoms with van der Waals surface area (Å²) in [4.78, 5) is 33.8. The second-order valence-electron chi connectivity index (χ2n) is 3.53. The topological polar surface area (TPSA) is 63.2 Å². The van der Waals surface area contributed by atoms with Crippen molar-refractivity contribution in [3.05, 3.63) is 41.7 Å². The number of ketones is 2. The molecule has 86 valence electrons. The Morgan fingerprint density at radius 1 is 1.12 bits per heavy atom. The molecule has 1 aromatic carbocycles. The minimum Gasteiger partial charge on any atom is -0.322 e. The van der Waals surface area contributed by atoms with E-state index in [2.05, 4.69) is 5.32 Å². The largest absolute Gasteiger partial charge is 0.322 e. The van der Waals surface area contributed by atoms with Crippen molar-refractivity contribution in [3.63, 3.8) is 0 Å². The van der Waals surface area contributed by atoms with Gasteiger partial charge < -0.3 is 5.32 Å². The molecule has 5 heteroatoms. The van der Waals surface area contributed by atoms with Crippen LogP contribution in [-0.2, 0) is 14.4 Å². The van der Waals surface area contributed by atoms with E-state index in [0.29, 0.717) is 5.69 Å². The Morgan fingerprint density at radius 3 is 2.29 bits per heavy atom. The average molecular weight is 233 g/mol. The maximum absolute atomic E-state index is 13.2. The van der Waals surface area contributed by atoms with Gasteiger partial charge in [0.1, 0.15) is 5.57 Å². The second-order valence-corrected chi connectivity index (χ2v) is 3.53. The molecular formula is C12H8FNO3. The zero-order valence-corrected chi connectivity index (χ0v) is 8.70. The number of nitrogens with one attached hydrogen (secondary N) is 1. The Hall–Kier alpha value is -2.30. The van der Waals surface area contributed by atoms with Crippen molar-refractivity contribution in [1.82, 2.24) is 0 Å². The van der Waals surface area contributed by atoms with Crippen LogP contribution in [0.3, 0.4) is 0 Å². The highest BCUT2D eigenvalue weighted by Crippen LogP contribution is 2.22. The zero-order chi connectivity index (χ0) is 12.4. The number of halogens is 1. The molecule has 1 N–H and O–H groups in total. The Bertz CT molecular complexity index is 534. The summed E-state index contributed by atoms with van der Waals surface area (Å²) in [5.41, 5.74) is -0.246. The fourth-order valence-corrected chi connectivity index (χ4v) is 1.52. The molecular weight excluding hydrogens is 225 g/mol. The molecule has 0 spiro atoms. The van der Waals surface area contributed by atoms with Gasteiger partial charge in [-0.3, -0.25) is 14.4 Å². The van der Waals surface area contributed by atoms with Crippen molar-refractivity contribution in [2.45, 2.75) is 6.42 Å². The van der Waals surface area contributed by atoms with Crippen molar-refractivity contribution in [2.24, 2.45) is 0 Å². The fourth-order valence-electron chi connectivity index (χ4n) is 1.52. The minimum atomic E-state index is -1.25. The van der Waals surface area contributed by atoms with Gasteiger partial charge in [-0.2, -0.15) is 0 Å². The van der Waals surface area contributed by atoms with Gasteiger partial charge in [0, 0.05) is 5.69 Å². The molecule has 0 bridgehead atoms. The number of carbonyl (C=O) groups excluding carboxylic acids is 3. The number of hydrogen-bond acceptors (Lipinski definition) is 3. The molecule has 0 atom stereocenters. The quantitative estimate of drug-likeness (QED) is 0.620. The highest BCUT2D eigenvalue weighted by molar-refractivity contribution is 6.35. The van der Waals surface area contributed by atoms with Gasteiger partial charge in [0.2, 0.25) is 0 Å². The molecule has 0 saturated carbocycles. The fraction of sp³-hybridized carbons (Fsp3) is 0.0833. The number of allylic oxidation sites excluding steroid dienone is 1. The first-order valence-corrected chi connectivity index (χ1v) is 4.92. The Kier molecular flexibility index (Phi) is 2.82. The van der Waals surface area contributed by atoms with E-state index in [4.69, 9.17) is 0 Å². The predicted octanol–water partition coefficient (Wildman–Crippen LogP) is 1.39. The SMILES string of the molecule is O=C1CC(=O)C(C(=O)Nc2ccccc2)=C1F. The molecule has 0 aromatic heterocycles. The van der Waals surface area contributed by atoms with Crippen molar-refractivity contribution >= 4 is 23.2 Å². The Morgan fingerprint density at radius 2 is 1.76 bits per heavy atom. The minimum absolute atomic E-state index is 0.435. The zero-order valence-electron chi connectivity index (χ0n) is 8.70. The van der Waals surface area contributed by atoms with Gasteiger partial charge in [0.05, 0.1) is 6.42 Å². The number of benzene rings is 1. The van der Waals surface area contributed by atoms with E-state index in [1.165, 1.54) is 0 Å². The summed E-state index contributed by atoms with van der Waals surface area (Å²) in [5.74, 6) is -3.85. The lowest BCUT2D eigenvalue weighted by molar-refractivity contribution is -0.122. The van der Waals surface area contributed by atoms with E-state index in [1.54, 1.807) is 30.3 Å². The van der Waals surface area contributed by atoms with E-state index >= 15 is 0 Å². The van der Waals surface area contributed by atoms with Crippen LogP contribution in [0.4, 0.5) is 10.1 Å². The summed E-state index contributed by atoms with van der Waals surface area (Å²) in [6.07, 6.45) is -0.566. The number of anilines is 1. The Balaban J connectivity index is 2.22. The molecule has 1 aromatic rings. The van der Waals surface area contributed by atoms with Gasteiger partial charge in [-0.1, -0.05) is 18.2 Å². The summed E-state index contributed by atoms with van der Waals surface area (Å²) < 4.78 is 13.2. The van der Waals surface area contributed by atoms with E-state index in [1.807, 2.05) is 0 Å². The first-order valence-electron chi connectivity index (χ1n) is 4.92. The first-order chi connectivity index (χ1) is 8.09. The molecule has 0 unspecified atom stereocenters. The van der Waals surface area contributed by atoms with Crippen molar-refractivity contribution < 1.29 is 18.8 Å². The van der Waals surface area contributed by atoms with Crippen LogP contribution >= 0.6 is 0 Å². The Labute approximate surface area is 96.1 Å². The van der Waals surface area contributed by atoms with Crippen LogP contribution < -0.4 is 5.32 Å². The molecule has 0 saturated heterocycles. The third-order valence-corrected chi connectivity index (χ3v) is 2.32. The molecule has 0 heterocycles. The smallest absolute Gasteiger partial charge is 0.262 e. The molecule has 0 radical (unpaired) electrons. The van der Waals surface area contributed by atoms with Crippen LogP contribution in [0.5, 0.6) is 0 Å². The van der Waals surface area contributed by atoms with E-state index < -0.39 is 35.3 Å². The van der Waals surface area contributed by atoms with Gasteiger partial charge in [-0.25, -0.2) is 4.39 Å². The summed E-state index contributed by atoms with van der Waals surface area (Å²) in [5, 5.41) is 2.36. The van der Waals surface area contributed by atoms with Gasteiger partial charge in [-0.05, 0) is 12.1 Å². The first kappa shape index (κ1) is 11.2. The molecule has 0 fully saturated rings. The van der Waals surface area contributed by atoms with E-state index in [9.17, 15) is 18.8 Å². The summed E-state index contributed by atoms with van der Waals surface area (Å²) >= 11 is 0. The normalized spacial score (nSPS) is 15.4. The third-order valence-electron chi connectivity index (χ3n) is 2.32. The van der Waals surface area contributed by atoms with Gasteiger partial charge >= 0.3 is 0 Å². The van der Waals surface area contributed by atoms with Crippen molar-refractivity contribution in [3.8, 4) is 0 Å². The van der Waals surface area contributed by atoms with Crippen LogP contribution in [0.25, 0.3) is 0 Å². The van der Waals surface area contributed by atoms with Gasteiger partial charge in [0.15, 0.2) is 17.4 Å². The number of rotatable bonds is 2. The summed E-state index contributed by atoms with van der Waals surface area (Å²) in [7, 11) is 0. The molecule has 0 aliphatic heterocycles. The lowest BCUT2D eigenvalue weighted by Crippen LogP contribution is -2.18. The van der Waals surface area contributed by atoms with Crippen LogP contribution in [0, 0.1) is 0 Å². The molecule has 1 aliphatic rings. The monoisotopic (exact) mass is 233 g/mol. The molecule has 1 aliphatic carbocycles. The lowest BCUT2D eigenvalue weighted by atomic mass is 10.2. The molecule has 4 nitrogen and oxygen atoms in total. The van der Waals surface area contributed by atoms with Gasteiger partial charge in [0.25, 0.3) is 5.91 Å². The maximum Gasteiger partial charge on any atom is 0.262 e. The summed E-state index contributed by atoms with van der Waals surface area (Å²) in [6.45, 7) is 0. The number of Topliss-reactive ketones (excluding diaryl/α,β-unsaturated/α-hetero) is 2. The lowest BCUT2D eigenvalue weighted by Gasteiger charge is -2.04. The molecule has 2 rings (SSSR count). The second kappa shape index (κ2) is 4.29. The number of para-hydroxylation sites is 1. The van der Waals surface area contributed by atoms with E-state index in [-0.39, 0.29) is 0 Å². The van der Waals surface area contributed by atoms with Crippen LogP contribution in [-0.4, -0.2) is 17.5 Å².